The maximum Gasteiger partial charge on any atom is 0.0776 e. The zero-order chi connectivity index (χ0) is 5.56. The predicted molar refractivity (Wildman–Crippen MR) is 30.7 cm³/mol. The summed E-state index contributed by atoms with van der Waals surface area (Å²) in [7, 11) is 2.01. The molecule has 0 aromatic carbocycles. The van der Waals surface area contributed by atoms with E-state index < -0.39 is 0 Å². The van der Waals surface area contributed by atoms with Crippen molar-refractivity contribution in [3.05, 3.63) is 0 Å². The van der Waals surface area contributed by atoms with Gasteiger partial charge in [-0.3, -0.25) is 0 Å². The molecule has 1 aliphatic carbocycles. The summed E-state index contributed by atoms with van der Waals surface area (Å²) in [5.41, 5.74) is 0. The maximum absolute atomic E-state index is 5.37. The van der Waals surface area contributed by atoms with Gasteiger partial charge in [-0.05, 0) is 13.5 Å². The summed E-state index contributed by atoms with van der Waals surface area (Å²) < 4.78 is 5.37. The molecule has 1 saturated heterocycles. The van der Waals surface area contributed by atoms with E-state index in [1.807, 2.05) is 7.05 Å². The van der Waals surface area contributed by atoms with Gasteiger partial charge in [0.1, 0.15) is 0 Å². The molecule has 0 aromatic heterocycles. The fourth-order valence-electron chi connectivity index (χ4n) is 1.63. The van der Waals surface area contributed by atoms with Crippen LogP contribution in [-0.2, 0) is 4.74 Å². The summed E-state index contributed by atoms with van der Waals surface area (Å²) in [6, 6.07) is 0.698. The minimum absolute atomic E-state index is 0.583. The van der Waals surface area contributed by atoms with Crippen molar-refractivity contribution in [2.45, 2.75) is 18.6 Å². The molecule has 2 heteroatoms. The van der Waals surface area contributed by atoms with Crippen LogP contribution in [-0.4, -0.2) is 25.8 Å². The number of ether oxygens (including phenoxy) is 1. The van der Waals surface area contributed by atoms with Crippen LogP contribution in [0.15, 0.2) is 0 Å². The van der Waals surface area contributed by atoms with Crippen molar-refractivity contribution in [2.75, 3.05) is 13.7 Å². The topological polar surface area (TPSA) is 21.3 Å². The van der Waals surface area contributed by atoms with Crippen molar-refractivity contribution >= 4 is 0 Å². The van der Waals surface area contributed by atoms with E-state index in [1.165, 1.54) is 6.42 Å². The average molecular weight is 113 g/mol. The normalized spacial score (nSPS) is 51.4. The molecule has 1 unspecified atom stereocenters. The Morgan fingerprint density at radius 2 is 2.50 bits per heavy atom. The van der Waals surface area contributed by atoms with Crippen molar-refractivity contribution < 1.29 is 4.74 Å². The third-order valence-corrected chi connectivity index (χ3v) is 2.19. The molecule has 0 bridgehead atoms. The molecule has 3 atom stereocenters. The van der Waals surface area contributed by atoms with Crippen LogP contribution >= 0.6 is 0 Å². The monoisotopic (exact) mass is 113 g/mol. The lowest BCUT2D eigenvalue weighted by atomic mass is 10.3. The molecule has 0 aromatic rings. The van der Waals surface area contributed by atoms with Gasteiger partial charge < -0.3 is 10.1 Å². The van der Waals surface area contributed by atoms with E-state index in [0.29, 0.717) is 12.1 Å². The standard InChI is InChI=1S/C6H11NO/c1-7-5-4-2-3-8-6(4)5/h4-7H,2-3H2,1H3/t4-,5?,6-/m1/s1. The van der Waals surface area contributed by atoms with Crippen LogP contribution in [0.25, 0.3) is 0 Å². The minimum Gasteiger partial charge on any atom is -0.376 e. The maximum atomic E-state index is 5.37. The molecule has 2 fully saturated rings. The smallest absolute Gasteiger partial charge is 0.0776 e. The van der Waals surface area contributed by atoms with E-state index in [-0.39, 0.29) is 0 Å². The summed E-state index contributed by atoms with van der Waals surface area (Å²) in [5.74, 6) is 0.861. The molecule has 0 spiro atoms. The first kappa shape index (κ1) is 4.77. The van der Waals surface area contributed by atoms with Gasteiger partial charge in [0, 0.05) is 18.6 Å². The van der Waals surface area contributed by atoms with Crippen LogP contribution in [0.4, 0.5) is 0 Å². The molecule has 0 radical (unpaired) electrons. The second-order valence-corrected chi connectivity index (χ2v) is 2.60. The first-order valence-corrected chi connectivity index (χ1v) is 3.22. The van der Waals surface area contributed by atoms with E-state index in [4.69, 9.17) is 4.74 Å². The van der Waals surface area contributed by atoms with Crippen molar-refractivity contribution in [3.63, 3.8) is 0 Å². The molecule has 1 N–H and O–H groups in total. The van der Waals surface area contributed by atoms with Gasteiger partial charge in [-0.1, -0.05) is 0 Å². The van der Waals surface area contributed by atoms with Gasteiger partial charge in [0.2, 0.25) is 0 Å². The largest absolute Gasteiger partial charge is 0.376 e. The number of nitrogens with one attached hydrogen (secondary N) is 1. The molecule has 2 aliphatic rings. The summed E-state index contributed by atoms with van der Waals surface area (Å²) in [6.45, 7) is 0.994. The predicted octanol–water partition coefficient (Wildman–Crippen LogP) is -0.00690. The van der Waals surface area contributed by atoms with Crippen molar-refractivity contribution in [2.24, 2.45) is 5.92 Å². The van der Waals surface area contributed by atoms with Gasteiger partial charge in [0.25, 0.3) is 0 Å². The molecular weight excluding hydrogens is 102 g/mol. The van der Waals surface area contributed by atoms with Crippen LogP contribution < -0.4 is 5.32 Å². The second kappa shape index (κ2) is 1.45. The lowest BCUT2D eigenvalue weighted by Crippen LogP contribution is -2.17. The summed E-state index contributed by atoms with van der Waals surface area (Å²) >= 11 is 0. The average Bonchev–Trinajstić information content (AvgIpc) is 2.22. The number of rotatable bonds is 1. The molecular formula is C6H11NO. The molecule has 2 rings (SSSR count). The highest BCUT2D eigenvalue weighted by Gasteiger charge is 2.53. The van der Waals surface area contributed by atoms with Crippen LogP contribution in [0.5, 0.6) is 0 Å². The Bertz CT molecular complexity index is 87.9. The molecule has 1 heterocycles. The van der Waals surface area contributed by atoms with Crippen molar-refractivity contribution in [1.82, 2.24) is 5.32 Å². The van der Waals surface area contributed by atoms with E-state index in [1.54, 1.807) is 0 Å². The van der Waals surface area contributed by atoms with Crippen molar-refractivity contribution in [1.29, 1.82) is 0 Å². The van der Waals surface area contributed by atoms with Gasteiger partial charge in [0.15, 0.2) is 0 Å². The Balaban J connectivity index is 1.94. The van der Waals surface area contributed by atoms with Crippen LogP contribution in [0.2, 0.25) is 0 Å². The van der Waals surface area contributed by atoms with E-state index in [9.17, 15) is 0 Å². The Kier molecular flexibility index (Phi) is 0.866. The number of hydrogen-bond acceptors (Lipinski definition) is 2. The number of hydrogen-bond donors (Lipinski definition) is 1. The molecule has 2 nitrogen and oxygen atoms in total. The quantitative estimate of drug-likeness (QED) is 0.516. The van der Waals surface area contributed by atoms with E-state index in [0.717, 1.165) is 12.5 Å². The zero-order valence-corrected chi connectivity index (χ0v) is 5.05. The molecule has 0 amide bonds. The minimum atomic E-state index is 0.583. The lowest BCUT2D eigenvalue weighted by molar-refractivity contribution is 0.145. The fraction of sp³-hybridized carbons (Fsp3) is 1.00. The highest BCUT2D eigenvalue weighted by molar-refractivity contribution is 5.07. The van der Waals surface area contributed by atoms with Crippen molar-refractivity contribution in [3.8, 4) is 0 Å². The Morgan fingerprint density at radius 1 is 1.62 bits per heavy atom. The third-order valence-electron chi connectivity index (χ3n) is 2.19. The Hall–Kier alpha value is -0.0800. The Morgan fingerprint density at radius 3 is 2.88 bits per heavy atom. The summed E-state index contributed by atoms with van der Waals surface area (Å²) in [4.78, 5) is 0. The van der Waals surface area contributed by atoms with Gasteiger partial charge in [-0.15, -0.1) is 0 Å². The third kappa shape index (κ3) is 0.446. The first-order valence-electron chi connectivity index (χ1n) is 3.22. The van der Waals surface area contributed by atoms with Crippen LogP contribution in [0.1, 0.15) is 6.42 Å². The molecule has 8 heavy (non-hydrogen) atoms. The van der Waals surface area contributed by atoms with Crippen LogP contribution in [0, 0.1) is 5.92 Å². The second-order valence-electron chi connectivity index (χ2n) is 2.60. The summed E-state index contributed by atoms with van der Waals surface area (Å²) in [6.07, 6.45) is 1.86. The Labute approximate surface area is 49.2 Å². The van der Waals surface area contributed by atoms with Gasteiger partial charge >= 0.3 is 0 Å². The highest BCUT2D eigenvalue weighted by Crippen LogP contribution is 2.42. The lowest BCUT2D eigenvalue weighted by Gasteiger charge is -1.98. The summed E-state index contributed by atoms with van der Waals surface area (Å²) in [5, 5.41) is 3.22. The van der Waals surface area contributed by atoms with Gasteiger partial charge in [0.05, 0.1) is 6.10 Å². The first-order chi connectivity index (χ1) is 3.93. The zero-order valence-electron chi connectivity index (χ0n) is 5.05. The molecule has 1 saturated carbocycles. The fourth-order valence-corrected chi connectivity index (χ4v) is 1.63. The molecule has 46 valence electrons. The van der Waals surface area contributed by atoms with E-state index in [2.05, 4.69) is 5.32 Å². The van der Waals surface area contributed by atoms with Crippen LogP contribution in [0.3, 0.4) is 0 Å². The highest BCUT2D eigenvalue weighted by atomic mass is 16.5. The number of likely N-dealkylation sites (N-methyl/N-ethyl adjacent to an activating group) is 1. The van der Waals surface area contributed by atoms with Gasteiger partial charge in [-0.25, -0.2) is 0 Å². The van der Waals surface area contributed by atoms with Gasteiger partial charge in [-0.2, -0.15) is 0 Å². The SMILES string of the molecule is CNC1[C@H]2CCO[C@@H]12. The van der Waals surface area contributed by atoms with E-state index >= 15 is 0 Å². The number of fused-ring (bicyclic) bond motifs is 1. The molecule has 1 aliphatic heterocycles.